The number of nitrogens with one attached hydrogen (secondary N) is 1. The molecule has 0 radical (unpaired) electrons. The number of hydrogen-bond donors (Lipinski definition) is 2. The van der Waals surface area contributed by atoms with Gasteiger partial charge in [0.05, 0.1) is 11.7 Å². The van der Waals surface area contributed by atoms with Crippen LogP contribution in [0.5, 0.6) is 0 Å². The van der Waals surface area contributed by atoms with Gasteiger partial charge in [0.15, 0.2) is 0 Å². The van der Waals surface area contributed by atoms with Crippen molar-refractivity contribution in [3.8, 4) is 0 Å². The molecule has 0 fully saturated rings. The highest BCUT2D eigenvalue weighted by Crippen LogP contribution is 2.29. The average Bonchev–Trinajstić information content (AvgIpc) is 2.42. The standard InChI is InChI=1S/C15H23F3N2O/c1-11(2)20(3)9-8-19-10-14(21)12-4-6-13(7-5-12)15(16,17)18/h4-7,11,14,19,21H,8-10H2,1-3H3. The molecule has 1 aromatic rings. The van der Waals surface area contributed by atoms with E-state index in [0.29, 0.717) is 24.7 Å². The van der Waals surface area contributed by atoms with Gasteiger partial charge in [-0.1, -0.05) is 12.1 Å². The minimum Gasteiger partial charge on any atom is -0.387 e. The molecule has 0 saturated carbocycles. The maximum atomic E-state index is 12.4. The minimum absolute atomic E-state index is 0.317. The third kappa shape index (κ3) is 6.03. The Bertz CT molecular complexity index is 418. The Balaban J connectivity index is 2.40. The maximum Gasteiger partial charge on any atom is 0.416 e. The molecule has 0 aliphatic carbocycles. The van der Waals surface area contributed by atoms with Gasteiger partial charge in [-0.15, -0.1) is 0 Å². The summed E-state index contributed by atoms with van der Waals surface area (Å²) < 4.78 is 37.3. The summed E-state index contributed by atoms with van der Waals surface area (Å²) in [6.07, 6.45) is -5.15. The van der Waals surface area contributed by atoms with E-state index in [1.54, 1.807) is 0 Å². The van der Waals surface area contributed by atoms with Gasteiger partial charge in [-0.25, -0.2) is 0 Å². The molecule has 1 unspecified atom stereocenters. The SMILES string of the molecule is CC(C)N(C)CCNCC(O)c1ccc(C(F)(F)F)cc1. The number of halogens is 3. The van der Waals surface area contributed by atoms with Crippen molar-refractivity contribution in [2.45, 2.75) is 32.2 Å². The van der Waals surface area contributed by atoms with Gasteiger partial charge in [0.25, 0.3) is 0 Å². The summed E-state index contributed by atoms with van der Waals surface area (Å²) in [7, 11) is 2.01. The first-order valence-corrected chi connectivity index (χ1v) is 6.98. The largest absolute Gasteiger partial charge is 0.416 e. The highest BCUT2D eigenvalue weighted by molar-refractivity contribution is 5.26. The molecule has 1 rings (SSSR count). The smallest absolute Gasteiger partial charge is 0.387 e. The number of aliphatic hydroxyl groups is 1. The van der Waals surface area contributed by atoms with Crippen LogP contribution in [0.2, 0.25) is 0 Å². The molecule has 0 spiro atoms. The molecule has 21 heavy (non-hydrogen) atoms. The van der Waals surface area contributed by atoms with Gasteiger partial charge in [0.1, 0.15) is 0 Å². The summed E-state index contributed by atoms with van der Waals surface area (Å²) in [5.74, 6) is 0. The molecule has 6 heteroatoms. The van der Waals surface area contributed by atoms with E-state index in [9.17, 15) is 18.3 Å². The van der Waals surface area contributed by atoms with Crippen molar-refractivity contribution < 1.29 is 18.3 Å². The molecule has 2 N–H and O–H groups in total. The van der Waals surface area contributed by atoms with Crippen molar-refractivity contribution >= 4 is 0 Å². The van der Waals surface area contributed by atoms with Gasteiger partial charge in [-0.2, -0.15) is 13.2 Å². The normalized spacial score (nSPS) is 14.0. The maximum absolute atomic E-state index is 12.4. The van der Waals surface area contributed by atoms with Crippen LogP contribution in [0.4, 0.5) is 13.2 Å². The van der Waals surface area contributed by atoms with Crippen molar-refractivity contribution in [1.82, 2.24) is 10.2 Å². The highest BCUT2D eigenvalue weighted by Gasteiger charge is 2.30. The fourth-order valence-corrected chi connectivity index (χ4v) is 1.76. The minimum atomic E-state index is -4.34. The number of nitrogens with zero attached hydrogens (tertiary/aromatic N) is 1. The predicted octanol–water partition coefficient (Wildman–Crippen LogP) is 2.67. The van der Waals surface area contributed by atoms with Crippen LogP contribution < -0.4 is 5.32 Å². The molecule has 0 bridgehead atoms. The summed E-state index contributed by atoms with van der Waals surface area (Å²) in [5, 5.41) is 13.0. The highest BCUT2D eigenvalue weighted by atomic mass is 19.4. The van der Waals surface area contributed by atoms with Gasteiger partial charge < -0.3 is 15.3 Å². The lowest BCUT2D eigenvalue weighted by molar-refractivity contribution is -0.137. The second-order valence-electron chi connectivity index (χ2n) is 5.41. The summed E-state index contributed by atoms with van der Waals surface area (Å²) >= 11 is 0. The van der Waals surface area contributed by atoms with E-state index in [0.717, 1.165) is 18.7 Å². The number of rotatable bonds is 7. The van der Waals surface area contributed by atoms with E-state index in [1.807, 2.05) is 7.05 Å². The molecular formula is C15H23F3N2O. The third-order valence-electron chi connectivity index (χ3n) is 3.48. The molecule has 1 aromatic carbocycles. The lowest BCUT2D eigenvalue weighted by Crippen LogP contribution is -2.35. The number of alkyl halides is 3. The van der Waals surface area contributed by atoms with Gasteiger partial charge in [0.2, 0.25) is 0 Å². The zero-order valence-electron chi connectivity index (χ0n) is 12.6. The van der Waals surface area contributed by atoms with Crippen LogP contribution >= 0.6 is 0 Å². The number of likely N-dealkylation sites (N-methyl/N-ethyl adjacent to an activating group) is 1. The zero-order valence-corrected chi connectivity index (χ0v) is 12.6. The van der Waals surface area contributed by atoms with E-state index in [2.05, 4.69) is 24.1 Å². The fourth-order valence-electron chi connectivity index (χ4n) is 1.76. The van der Waals surface area contributed by atoms with E-state index >= 15 is 0 Å². The van der Waals surface area contributed by atoms with Crippen LogP contribution in [0.15, 0.2) is 24.3 Å². The van der Waals surface area contributed by atoms with Gasteiger partial charge in [-0.3, -0.25) is 0 Å². The van der Waals surface area contributed by atoms with Crippen LogP contribution in [0.1, 0.15) is 31.1 Å². The van der Waals surface area contributed by atoms with Crippen LogP contribution in [-0.4, -0.2) is 42.7 Å². The first-order valence-electron chi connectivity index (χ1n) is 6.98. The predicted molar refractivity (Wildman–Crippen MR) is 77.0 cm³/mol. The number of benzene rings is 1. The Morgan fingerprint density at radius 3 is 2.24 bits per heavy atom. The summed E-state index contributed by atoms with van der Waals surface area (Å²) in [5.41, 5.74) is -0.224. The topological polar surface area (TPSA) is 35.5 Å². The molecule has 120 valence electrons. The van der Waals surface area contributed by atoms with E-state index in [-0.39, 0.29) is 0 Å². The monoisotopic (exact) mass is 304 g/mol. The first-order chi connectivity index (χ1) is 9.71. The molecule has 0 saturated heterocycles. The fraction of sp³-hybridized carbons (Fsp3) is 0.600. The molecule has 0 aliphatic rings. The zero-order chi connectivity index (χ0) is 16.0. The van der Waals surface area contributed by atoms with Crippen molar-refractivity contribution in [2.75, 3.05) is 26.7 Å². The number of hydrogen-bond acceptors (Lipinski definition) is 3. The lowest BCUT2D eigenvalue weighted by Gasteiger charge is -2.21. The van der Waals surface area contributed by atoms with E-state index < -0.39 is 17.8 Å². The summed E-state index contributed by atoms with van der Waals surface area (Å²) in [4.78, 5) is 2.16. The molecule has 0 amide bonds. The Morgan fingerprint density at radius 2 is 1.76 bits per heavy atom. The molecule has 0 heterocycles. The Labute approximate surface area is 123 Å². The Hall–Kier alpha value is -1.11. The van der Waals surface area contributed by atoms with Crippen LogP contribution in [0, 0.1) is 0 Å². The van der Waals surface area contributed by atoms with Gasteiger partial charge in [-0.05, 0) is 38.6 Å². The molecule has 0 aromatic heterocycles. The second-order valence-corrected chi connectivity index (χ2v) is 5.41. The summed E-state index contributed by atoms with van der Waals surface area (Å²) in [6.45, 7) is 6.06. The van der Waals surface area contributed by atoms with Crippen molar-refractivity contribution in [2.24, 2.45) is 0 Å². The van der Waals surface area contributed by atoms with Gasteiger partial charge in [0, 0.05) is 25.7 Å². The van der Waals surface area contributed by atoms with Crippen molar-refractivity contribution in [3.63, 3.8) is 0 Å². The number of aliphatic hydroxyl groups excluding tert-OH is 1. The Kier molecular flexibility index (Phi) is 6.64. The average molecular weight is 304 g/mol. The van der Waals surface area contributed by atoms with Crippen molar-refractivity contribution in [3.05, 3.63) is 35.4 Å². The van der Waals surface area contributed by atoms with Gasteiger partial charge >= 0.3 is 6.18 Å². The van der Waals surface area contributed by atoms with Crippen LogP contribution in [0.25, 0.3) is 0 Å². The quantitative estimate of drug-likeness (QED) is 0.760. The second kappa shape index (κ2) is 7.77. The first kappa shape index (κ1) is 17.9. The van der Waals surface area contributed by atoms with Crippen molar-refractivity contribution in [1.29, 1.82) is 0 Å². The molecular weight excluding hydrogens is 281 g/mol. The van der Waals surface area contributed by atoms with Crippen LogP contribution in [0.3, 0.4) is 0 Å². The molecule has 0 aliphatic heterocycles. The van der Waals surface area contributed by atoms with E-state index in [4.69, 9.17) is 0 Å². The molecule has 3 nitrogen and oxygen atoms in total. The Morgan fingerprint density at radius 1 is 1.19 bits per heavy atom. The van der Waals surface area contributed by atoms with Crippen LogP contribution in [-0.2, 0) is 6.18 Å². The summed E-state index contributed by atoms with van der Waals surface area (Å²) in [6, 6.07) is 5.06. The van der Waals surface area contributed by atoms with E-state index in [1.165, 1.54) is 12.1 Å². The lowest BCUT2D eigenvalue weighted by atomic mass is 10.1. The molecule has 1 atom stereocenters. The third-order valence-corrected chi connectivity index (χ3v) is 3.48.